The maximum Gasteiger partial charge on any atom is 0.243 e. The van der Waals surface area contributed by atoms with Gasteiger partial charge in [0.05, 0.1) is 4.90 Å². The molecule has 1 atom stereocenters. The predicted molar refractivity (Wildman–Crippen MR) is 95.9 cm³/mol. The summed E-state index contributed by atoms with van der Waals surface area (Å²) >= 11 is 0. The van der Waals surface area contributed by atoms with Crippen LogP contribution in [0, 0.1) is 0 Å². The number of fused-ring (bicyclic) bond motifs is 1. The van der Waals surface area contributed by atoms with Crippen molar-refractivity contribution >= 4 is 21.6 Å². The van der Waals surface area contributed by atoms with E-state index in [4.69, 9.17) is 0 Å². The first-order chi connectivity index (χ1) is 11.8. The molecular formula is C18H26N2O4S. The van der Waals surface area contributed by atoms with E-state index in [1.807, 2.05) is 13.8 Å². The van der Waals surface area contributed by atoms with Gasteiger partial charge in [0, 0.05) is 36.7 Å². The van der Waals surface area contributed by atoms with E-state index in [1.165, 1.54) is 0 Å². The summed E-state index contributed by atoms with van der Waals surface area (Å²) in [5.74, 6) is -0.0489. The predicted octanol–water partition coefficient (Wildman–Crippen LogP) is 2.23. The lowest BCUT2D eigenvalue weighted by Crippen LogP contribution is -2.44. The Morgan fingerprint density at radius 2 is 2.08 bits per heavy atom. The first-order valence-corrected chi connectivity index (χ1v) is 10.3. The maximum absolute atomic E-state index is 13.2. The number of hydrogen-bond acceptors (Lipinski definition) is 4. The topological polar surface area (TPSA) is 86.7 Å². The summed E-state index contributed by atoms with van der Waals surface area (Å²) in [5, 5.41) is 12.1. The van der Waals surface area contributed by atoms with Crippen molar-refractivity contribution in [2.24, 2.45) is 0 Å². The Bertz CT molecular complexity index is 771. The van der Waals surface area contributed by atoms with Crippen LogP contribution in [0.1, 0.15) is 51.5 Å². The zero-order chi connectivity index (χ0) is 18.2. The Labute approximate surface area is 149 Å². The molecule has 138 valence electrons. The van der Waals surface area contributed by atoms with Gasteiger partial charge in [0.2, 0.25) is 15.9 Å². The fraction of sp³-hybridized carbons (Fsp3) is 0.611. The van der Waals surface area contributed by atoms with Crippen molar-refractivity contribution in [3.05, 3.63) is 23.8 Å². The van der Waals surface area contributed by atoms with Crippen LogP contribution in [0.5, 0.6) is 0 Å². The number of amides is 1. The van der Waals surface area contributed by atoms with E-state index in [9.17, 15) is 18.3 Å². The molecule has 1 amide bonds. The highest BCUT2D eigenvalue weighted by atomic mass is 32.2. The highest BCUT2D eigenvalue weighted by Gasteiger charge is 2.36. The number of carbonyl (C=O) groups excluding carboxylic acids is 1. The third-order valence-corrected chi connectivity index (χ3v) is 7.19. The lowest BCUT2D eigenvalue weighted by Gasteiger charge is -2.36. The molecule has 7 heteroatoms. The highest BCUT2D eigenvalue weighted by molar-refractivity contribution is 7.89. The smallest absolute Gasteiger partial charge is 0.243 e. The zero-order valence-electron chi connectivity index (χ0n) is 14.8. The third-order valence-electron chi connectivity index (χ3n) is 5.24. The number of rotatable bonds is 4. The van der Waals surface area contributed by atoms with Gasteiger partial charge in [0.15, 0.2) is 0 Å². The Hall–Kier alpha value is -1.44. The van der Waals surface area contributed by atoms with E-state index >= 15 is 0 Å². The van der Waals surface area contributed by atoms with Crippen molar-refractivity contribution in [3.8, 4) is 0 Å². The van der Waals surface area contributed by atoms with Gasteiger partial charge in [-0.1, -0.05) is 20.3 Å². The fourth-order valence-electron chi connectivity index (χ4n) is 3.91. The molecule has 0 aromatic heterocycles. The molecule has 3 rings (SSSR count). The van der Waals surface area contributed by atoms with Crippen LogP contribution in [0.25, 0.3) is 0 Å². The van der Waals surface area contributed by atoms with Gasteiger partial charge in [-0.3, -0.25) is 4.79 Å². The SMILES string of the molecule is CC1(C)CC(=O)Nc2ccc(S(=O)(=O)N3CCCCC3CCO)cc21. The van der Waals surface area contributed by atoms with Crippen molar-refractivity contribution in [2.75, 3.05) is 18.5 Å². The molecule has 0 aliphatic carbocycles. The van der Waals surface area contributed by atoms with Gasteiger partial charge in [-0.15, -0.1) is 0 Å². The quantitative estimate of drug-likeness (QED) is 0.855. The summed E-state index contributed by atoms with van der Waals surface area (Å²) in [6.45, 7) is 4.39. The zero-order valence-corrected chi connectivity index (χ0v) is 15.6. The largest absolute Gasteiger partial charge is 0.396 e. The second kappa shape index (κ2) is 6.70. The molecule has 2 heterocycles. The number of hydrogen-bond donors (Lipinski definition) is 2. The average molecular weight is 366 g/mol. The number of nitrogens with one attached hydrogen (secondary N) is 1. The van der Waals surface area contributed by atoms with Crippen molar-refractivity contribution in [1.29, 1.82) is 0 Å². The van der Waals surface area contributed by atoms with Crippen LogP contribution in [0.4, 0.5) is 5.69 Å². The van der Waals surface area contributed by atoms with Crippen molar-refractivity contribution < 1.29 is 18.3 Å². The maximum atomic E-state index is 13.2. The van der Waals surface area contributed by atoms with Gasteiger partial charge in [-0.05, 0) is 43.0 Å². The fourth-order valence-corrected chi connectivity index (χ4v) is 5.66. The third kappa shape index (κ3) is 3.45. The summed E-state index contributed by atoms with van der Waals surface area (Å²) in [5.41, 5.74) is 1.13. The van der Waals surface area contributed by atoms with Crippen molar-refractivity contribution in [3.63, 3.8) is 0 Å². The molecule has 0 spiro atoms. The molecule has 2 aliphatic rings. The number of sulfonamides is 1. The number of nitrogens with zero attached hydrogens (tertiary/aromatic N) is 1. The number of carbonyl (C=O) groups is 1. The first kappa shape index (κ1) is 18.4. The minimum atomic E-state index is -3.62. The monoisotopic (exact) mass is 366 g/mol. The van der Waals surface area contributed by atoms with E-state index in [2.05, 4.69) is 5.32 Å². The normalized spacial score (nSPS) is 23.8. The molecule has 2 N–H and O–H groups in total. The highest BCUT2D eigenvalue weighted by Crippen LogP contribution is 2.39. The first-order valence-electron chi connectivity index (χ1n) is 8.83. The van der Waals surface area contributed by atoms with Crippen LogP contribution < -0.4 is 5.32 Å². The van der Waals surface area contributed by atoms with Crippen LogP contribution in [-0.4, -0.2) is 42.9 Å². The van der Waals surface area contributed by atoms with Crippen molar-refractivity contribution in [2.45, 2.75) is 62.3 Å². The molecule has 1 saturated heterocycles. The number of aliphatic hydroxyl groups is 1. The second-order valence-electron chi connectivity index (χ2n) is 7.59. The van der Waals surface area contributed by atoms with E-state index in [0.29, 0.717) is 25.1 Å². The standard InChI is InChI=1S/C18H26N2O4S/c1-18(2)12-17(22)19-16-7-6-14(11-15(16)18)25(23,24)20-9-4-3-5-13(20)8-10-21/h6-7,11,13,21H,3-5,8-10,12H2,1-2H3,(H,19,22). The molecule has 1 fully saturated rings. The van der Waals surface area contributed by atoms with Crippen LogP contribution in [0.15, 0.2) is 23.1 Å². The number of anilines is 1. The molecule has 2 aliphatic heterocycles. The van der Waals surface area contributed by atoms with Gasteiger partial charge in [-0.2, -0.15) is 4.31 Å². The number of piperidine rings is 1. The van der Waals surface area contributed by atoms with Gasteiger partial charge in [0.25, 0.3) is 0 Å². The molecule has 25 heavy (non-hydrogen) atoms. The molecule has 1 aromatic rings. The van der Waals surface area contributed by atoms with Crippen LogP contribution >= 0.6 is 0 Å². The van der Waals surface area contributed by atoms with Crippen LogP contribution in [0.3, 0.4) is 0 Å². The second-order valence-corrected chi connectivity index (χ2v) is 9.48. The van der Waals surface area contributed by atoms with Crippen LogP contribution in [-0.2, 0) is 20.2 Å². The Morgan fingerprint density at radius 1 is 1.32 bits per heavy atom. The minimum absolute atomic E-state index is 0.0140. The summed E-state index contributed by atoms with van der Waals surface area (Å²) in [4.78, 5) is 12.1. The van der Waals surface area contributed by atoms with E-state index in [-0.39, 0.29) is 23.5 Å². The van der Waals surface area contributed by atoms with E-state index in [1.54, 1.807) is 22.5 Å². The van der Waals surface area contributed by atoms with Gasteiger partial charge in [-0.25, -0.2) is 8.42 Å². The molecule has 0 saturated carbocycles. The molecule has 0 radical (unpaired) electrons. The molecule has 1 unspecified atom stereocenters. The number of benzene rings is 1. The van der Waals surface area contributed by atoms with Gasteiger partial charge >= 0.3 is 0 Å². The average Bonchev–Trinajstić information content (AvgIpc) is 2.54. The molecule has 6 nitrogen and oxygen atoms in total. The molecule has 1 aromatic carbocycles. The lowest BCUT2D eigenvalue weighted by molar-refractivity contribution is -0.117. The molecule has 0 bridgehead atoms. The van der Waals surface area contributed by atoms with Gasteiger partial charge < -0.3 is 10.4 Å². The summed E-state index contributed by atoms with van der Waals surface area (Å²) in [6.07, 6.45) is 3.41. The summed E-state index contributed by atoms with van der Waals surface area (Å²) in [7, 11) is -3.62. The Kier molecular flexibility index (Phi) is 4.92. The van der Waals surface area contributed by atoms with Gasteiger partial charge in [0.1, 0.15) is 0 Å². The summed E-state index contributed by atoms with van der Waals surface area (Å²) in [6, 6.07) is 4.81. The Morgan fingerprint density at radius 3 is 2.80 bits per heavy atom. The Balaban J connectivity index is 1.99. The van der Waals surface area contributed by atoms with E-state index in [0.717, 1.165) is 24.8 Å². The lowest BCUT2D eigenvalue weighted by atomic mass is 9.78. The summed E-state index contributed by atoms with van der Waals surface area (Å²) < 4.78 is 27.9. The van der Waals surface area contributed by atoms with Crippen molar-refractivity contribution in [1.82, 2.24) is 4.31 Å². The molecular weight excluding hydrogens is 340 g/mol. The van der Waals surface area contributed by atoms with E-state index < -0.39 is 15.4 Å². The minimum Gasteiger partial charge on any atom is -0.396 e. The number of aliphatic hydroxyl groups excluding tert-OH is 1. The van der Waals surface area contributed by atoms with Crippen LogP contribution in [0.2, 0.25) is 0 Å².